The molecule has 0 radical (unpaired) electrons. The molecule has 4 heteroatoms. The molecular weight excluding hydrogens is 176 g/mol. The monoisotopic (exact) mass is 193 g/mol. The minimum Gasteiger partial charge on any atom is -0.386 e. The Morgan fingerprint density at radius 2 is 1.92 bits per heavy atom. The molecule has 1 saturated heterocycles. The number of rotatable bonds is 3. The Bertz CT molecular complexity index is 147. The molecule has 13 heavy (non-hydrogen) atoms. The number of nitrogens with zero attached hydrogens (tertiary/aromatic N) is 1. The summed E-state index contributed by atoms with van der Waals surface area (Å²) < 4.78 is 24.0. The molecule has 0 spiro atoms. The molecule has 0 amide bonds. The molecule has 0 aromatic carbocycles. The van der Waals surface area contributed by atoms with Crippen LogP contribution in [0.2, 0.25) is 0 Å². The summed E-state index contributed by atoms with van der Waals surface area (Å²) in [5.74, 6) is 0.694. The first kappa shape index (κ1) is 10.9. The standard InChI is InChI=1S/C9H17F2NO/c1-7-2-4-12(5-3-7)6-8(13)9(10)11/h7-9,13H,2-6H2,1H3. The van der Waals surface area contributed by atoms with Crippen molar-refractivity contribution in [1.82, 2.24) is 4.90 Å². The largest absolute Gasteiger partial charge is 0.386 e. The van der Waals surface area contributed by atoms with E-state index in [2.05, 4.69) is 6.92 Å². The summed E-state index contributed by atoms with van der Waals surface area (Å²) >= 11 is 0. The van der Waals surface area contributed by atoms with Gasteiger partial charge in [0.15, 0.2) is 0 Å². The van der Waals surface area contributed by atoms with E-state index in [9.17, 15) is 8.78 Å². The summed E-state index contributed by atoms with van der Waals surface area (Å²) in [7, 11) is 0. The van der Waals surface area contributed by atoms with Crippen molar-refractivity contribution < 1.29 is 13.9 Å². The molecule has 1 aliphatic rings. The Labute approximate surface area is 77.5 Å². The number of hydrogen-bond donors (Lipinski definition) is 1. The molecule has 1 unspecified atom stereocenters. The summed E-state index contributed by atoms with van der Waals surface area (Å²) in [6, 6.07) is 0. The van der Waals surface area contributed by atoms with Crippen LogP contribution in [-0.2, 0) is 0 Å². The second-order valence-corrected chi connectivity index (χ2v) is 3.88. The van der Waals surface area contributed by atoms with Crippen LogP contribution in [0.1, 0.15) is 19.8 Å². The Morgan fingerprint density at radius 3 is 2.38 bits per heavy atom. The molecule has 1 fully saturated rings. The average Bonchev–Trinajstić information content (AvgIpc) is 2.08. The molecule has 1 atom stereocenters. The van der Waals surface area contributed by atoms with Crippen molar-refractivity contribution in [3.8, 4) is 0 Å². The highest BCUT2D eigenvalue weighted by molar-refractivity contribution is 4.72. The van der Waals surface area contributed by atoms with E-state index in [-0.39, 0.29) is 6.54 Å². The van der Waals surface area contributed by atoms with E-state index in [4.69, 9.17) is 5.11 Å². The Hall–Kier alpha value is -0.220. The molecule has 1 heterocycles. The van der Waals surface area contributed by atoms with Crippen molar-refractivity contribution in [2.75, 3.05) is 19.6 Å². The minimum absolute atomic E-state index is 0.115. The lowest BCUT2D eigenvalue weighted by molar-refractivity contribution is -0.0274. The van der Waals surface area contributed by atoms with Gasteiger partial charge >= 0.3 is 0 Å². The SMILES string of the molecule is CC1CCN(CC(O)C(F)F)CC1. The quantitative estimate of drug-likeness (QED) is 0.731. The molecule has 0 aliphatic carbocycles. The number of halogens is 2. The van der Waals surface area contributed by atoms with Gasteiger partial charge in [0.1, 0.15) is 6.10 Å². The Morgan fingerprint density at radius 1 is 1.38 bits per heavy atom. The topological polar surface area (TPSA) is 23.5 Å². The minimum atomic E-state index is -2.61. The normalized spacial score (nSPS) is 23.8. The van der Waals surface area contributed by atoms with Crippen LogP contribution in [0.25, 0.3) is 0 Å². The van der Waals surface area contributed by atoms with Crippen LogP contribution < -0.4 is 0 Å². The van der Waals surface area contributed by atoms with E-state index in [1.54, 1.807) is 0 Å². The smallest absolute Gasteiger partial charge is 0.265 e. The molecule has 0 bridgehead atoms. The molecule has 0 aromatic heterocycles. The van der Waals surface area contributed by atoms with Gasteiger partial charge in [-0.25, -0.2) is 8.78 Å². The lowest BCUT2D eigenvalue weighted by Gasteiger charge is -2.31. The van der Waals surface area contributed by atoms with E-state index < -0.39 is 12.5 Å². The van der Waals surface area contributed by atoms with Gasteiger partial charge in [-0.2, -0.15) is 0 Å². The first-order valence-electron chi connectivity index (χ1n) is 4.78. The third kappa shape index (κ3) is 3.56. The zero-order valence-corrected chi connectivity index (χ0v) is 7.92. The van der Waals surface area contributed by atoms with Crippen molar-refractivity contribution in [2.45, 2.75) is 32.3 Å². The summed E-state index contributed by atoms with van der Waals surface area (Å²) in [6.45, 7) is 3.96. The fourth-order valence-electron chi connectivity index (χ4n) is 1.59. The number of piperidine rings is 1. The number of likely N-dealkylation sites (tertiary alicyclic amines) is 1. The van der Waals surface area contributed by atoms with Crippen LogP contribution in [0.15, 0.2) is 0 Å². The first-order chi connectivity index (χ1) is 6.09. The predicted molar refractivity (Wildman–Crippen MR) is 46.8 cm³/mol. The number of alkyl halides is 2. The number of β-amino-alcohol motifs (C(OH)–C–C–N with tert-alkyl or cyclic N) is 1. The number of aliphatic hydroxyl groups is 1. The molecular formula is C9H17F2NO. The highest BCUT2D eigenvalue weighted by atomic mass is 19.3. The maximum Gasteiger partial charge on any atom is 0.265 e. The summed E-state index contributed by atoms with van der Waals surface area (Å²) in [6.07, 6.45) is -1.99. The maximum absolute atomic E-state index is 12.0. The van der Waals surface area contributed by atoms with Crippen molar-refractivity contribution in [3.05, 3.63) is 0 Å². The molecule has 2 nitrogen and oxygen atoms in total. The van der Waals surface area contributed by atoms with Crippen LogP contribution in [0.4, 0.5) is 8.78 Å². The van der Waals surface area contributed by atoms with Crippen LogP contribution >= 0.6 is 0 Å². The lowest BCUT2D eigenvalue weighted by atomic mass is 9.99. The summed E-state index contributed by atoms with van der Waals surface area (Å²) in [5.41, 5.74) is 0. The Kier molecular flexibility index (Phi) is 4.06. The van der Waals surface area contributed by atoms with Crippen molar-refractivity contribution in [3.63, 3.8) is 0 Å². The van der Waals surface area contributed by atoms with Crippen molar-refractivity contribution in [2.24, 2.45) is 5.92 Å². The van der Waals surface area contributed by atoms with Gasteiger partial charge in [0, 0.05) is 6.54 Å². The predicted octanol–water partition coefficient (Wildman–Crippen LogP) is 1.34. The van der Waals surface area contributed by atoms with Crippen molar-refractivity contribution in [1.29, 1.82) is 0 Å². The van der Waals surface area contributed by atoms with E-state index in [1.807, 2.05) is 4.90 Å². The molecule has 1 N–H and O–H groups in total. The molecule has 78 valence electrons. The van der Waals surface area contributed by atoms with Crippen LogP contribution in [0.5, 0.6) is 0 Å². The van der Waals surface area contributed by atoms with E-state index in [0.717, 1.165) is 25.9 Å². The third-order valence-corrected chi connectivity index (χ3v) is 2.61. The van der Waals surface area contributed by atoms with Gasteiger partial charge in [-0.05, 0) is 31.8 Å². The molecule has 0 aromatic rings. The second kappa shape index (κ2) is 4.86. The fraction of sp³-hybridized carbons (Fsp3) is 1.00. The summed E-state index contributed by atoms with van der Waals surface area (Å²) in [5, 5.41) is 8.95. The highest BCUT2D eigenvalue weighted by Gasteiger charge is 2.22. The second-order valence-electron chi connectivity index (χ2n) is 3.88. The van der Waals surface area contributed by atoms with Gasteiger partial charge in [0.2, 0.25) is 0 Å². The highest BCUT2D eigenvalue weighted by Crippen LogP contribution is 2.16. The third-order valence-electron chi connectivity index (χ3n) is 2.61. The maximum atomic E-state index is 12.0. The Balaban J connectivity index is 2.22. The zero-order chi connectivity index (χ0) is 9.84. The number of hydrogen-bond acceptors (Lipinski definition) is 2. The fourth-order valence-corrected chi connectivity index (χ4v) is 1.59. The summed E-state index contributed by atoms with van der Waals surface area (Å²) in [4.78, 5) is 1.91. The van der Waals surface area contributed by atoms with Crippen LogP contribution in [0, 0.1) is 5.92 Å². The van der Waals surface area contributed by atoms with Crippen molar-refractivity contribution >= 4 is 0 Å². The molecule has 0 saturated carbocycles. The lowest BCUT2D eigenvalue weighted by Crippen LogP contribution is -2.40. The van der Waals surface area contributed by atoms with Gasteiger partial charge in [0.25, 0.3) is 6.43 Å². The van der Waals surface area contributed by atoms with Gasteiger partial charge < -0.3 is 10.0 Å². The zero-order valence-electron chi connectivity index (χ0n) is 7.92. The number of aliphatic hydroxyl groups excluding tert-OH is 1. The van der Waals surface area contributed by atoms with E-state index in [1.165, 1.54) is 0 Å². The molecule has 1 aliphatic heterocycles. The first-order valence-corrected chi connectivity index (χ1v) is 4.78. The van der Waals surface area contributed by atoms with Gasteiger partial charge in [-0.15, -0.1) is 0 Å². The average molecular weight is 193 g/mol. The van der Waals surface area contributed by atoms with E-state index in [0.29, 0.717) is 5.92 Å². The van der Waals surface area contributed by atoms with Crippen LogP contribution in [-0.4, -0.2) is 42.2 Å². The van der Waals surface area contributed by atoms with E-state index >= 15 is 0 Å². The van der Waals surface area contributed by atoms with Crippen LogP contribution in [0.3, 0.4) is 0 Å². The van der Waals surface area contributed by atoms with Gasteiger partial charge in [0.05, 0.1) is 0 Å². The molecule has 1 rings (SSSR count). The van der Waals surface area contributed by atoms with Gasteiger partial charge in [-0.3, -0.25) is 0 Å². The van der Waals surface area contributed by atoms with Gasteiger partial charge in [-0.1, -0.05) is 6.92 Å².